The van der Waals surface area contributed by atoms with Crippen LogP contribution in [0.25, 0.3) is 0 Å². The first-order valence-corrected chi connectivity index (χ1v) is 5.59. The molecule has 0 aliphatic carbocycles. The van der Waals surface area contributed by atoms with Crippen LogP contribution in [0.3, 0.4) is 0 Å². The minimum absolute atomic E-state index is 0.0786. The van der Waals surface area contributed by atoms with Crippen LogP contribution < -0.4 is 10.6 Å². The lowest BCUT2D eigenvalue weighted by molar-refractivity contribution is -0.122. The molecule has 1 rings (SSSR count). The third kappa shape index (κ3) is 6.61. The van der Waals surface area contributed by atoms with Gasteiger partial charge in [-0.15, -0.1) is 0 Å². The molecule has 3 N–H and O–H groups in total. The van der Waals surface area contributed by atoms with E-state index in [1.54, 1.807) is 17.4 Å². The predicted octanol–water partition coefficient (Wildman–Crippen LogP) is 1.50. The van der Waals surface area contributed by atoms with Crippen molar-refractivity contribution in [2.24, 2.45) is 0 Å². The minimum atomic E-state index is -4.47. The second kappa shape index (κ2) is 7.35. The Hall–Kier alpha value is -2.27. The van der Waals surface area contributed by atoms with Crippen molar-refractivity contribution in [2.45, 2.75) is 12.6 Å². The first-order chi connectivity index (χ1) is 9.40. The van der Waals surface area contributed by atoms with Gasteiger partial charge in [0.15, 0.2) is 0 Å². The Labute approximate surface area is 113 Å². The number of aliphatic hydroxyl groups excluding tert-OH is 1. The summed E-state index contributed by atoms with van der Waals surface area (Å²) in [7, 11) is 0. The van der Waals surface area contributed by atoms with Crippen molar-refractivity contribution in [2.75, 3.05) is 18.5 Å². The molecule has 0 radical (unpaired) electrons. The van der Waals surface area contributed by atoms with Crippen LogP contribution in [0.1, 0.15) is 12.1 Å². The second-order valence-electron chi connectivity index (χ2n) is 3.61. The fourth-order valence-corrected chi connectivity index (χ4v) is 1.12. The Morgan fingerprint density at radius 1 is 1.40 bits per heavy atom. The van der Waals surface area contributed by atoms with Gasteiger partial charge in [0.05, 0.1) is 6.61 Å². The van der Waals surface area contributed by atoms with Gasteiger partial charge < -0.3 is 10.4 Å². The summed E-state index contributed by atoms with van der Waals surface area (Å²) in [6.07, 6.45) is -4.19. The molecule has 0 aliphatic heterocycles. The zero-order valence-electron chi connectivity index (χ0n) is 10.3. The molecule has 0 unspecified atom stereocenters. The molecule has 0 saturated heterocycles. The van der Waals surface area contributed by atoms with Crippen molar-refractivity contribution in [3.05, 3.63) is 23.9 Å². The highest BCUT2D eigenvalue weighted by Crippen LogP contribution is 2.12. The number of hydrogen-bond donors (Lipinski definition) is 3. The molecule has 1 aromatic heterocycles. The maximum Gasteiger partial charge on any atom is 0.405 e. The number of carbonyl (C=O) groups excluding carboxylic acids is 1. The smallest absolute Gasteiger partial charge is 0.395 e. The summed E-state index contributed by atoms with van der Waals surface area (Å²) in [6, 6.07) is 3.54. The van der Waals surface area contributed by atoms with Crippen molar-refractivity contribution in [1.82, 2.24) is 10.3 Å². The molecule has 0 aliphatic rings. The quantitative estimate of drug-likeness (QED) is 0.738. The normalized spacial score (nSPS) is 10.4. The molecule has 0 bridgehead atoms. The predicted molar refractivity (Wildman–Crippen MR) is 65.9 cm³/mol. The summed E-state index contributed by atoms with van der Waals surface area (Å²) in [6.45, 7) is -1.50. The molecule has 2 amide bonds. The van der Waals surface area contributed by atoms with Crippen LogP contribution in [0.2, 0.25) is 0 Å². The van der Waals surface area contributed by atoms with Crippen molar-refractivity contribution in [3.8, 4) is 11.8 Å². The Bertz CT molecular complexity index is 521. The van der Waals surface area contributed by atoms with Gasteiger partial charge in [-0.25, -0.2) is 9.78 Å². The number of pyridine rings is 1. The third-order valence-electron chi connectivity index (χ3n) is 1.89. The third-order valence-corrected chi connectivity index (χ3v) is 1.89. The molecule has 0 atom stereocenters. The molecule has 20 heavy (non-hydrogen) atoms. The van der Waals surface area contributed by atoms with Gasteiger partial charge in [0.1, 0.15) is 18.1 Å². The van der Waals surface area contributed by atoms with Gasteiger partial charge in [-0.3, -0.25) is 5.32 Å². The van der Waals surface area contributed by atoms with Gasteiger partial charge in [-0.05, 0) is 18.1 Å². The van der Waals surface area contributed by atoms with Crippen LogP contribution in [-0.2, 0) is 0 Å². The summed E-state index contributed by atoms with van der Waals surface area (Å²) in [4.78, 5) is 15.1. The van der Waals surface area contributed by atoms with E-state index in [-0.39, 0.29) is 18.8 Å². The van der Waals surface area contributed by atoms with Crippen LogP contribution in [0.15, 0.2) is 18.2 Å². The van der Waals surface area contributed by atoms with Crippen LogP contribution in [-0.4, -0.2) is 35.4 Å². The molecule has 0 fully saturated rings. The van der Waals surface area contributed by atoms with Gasteiger partial charge in [0.2, 0.25) is 0 Å². The largest absolute Gasteiger partial charge is 0.405 e. The monoisotopic (exact) mass is 287 g/mol. The van der Waals surface area contributed by atoms with Gasteiger partial charge in [-0.1, -0.05) is 12.0 Å². The number of alkyl halides is 3. The van der Waals surface area contributed by atoms with E-state index in [4.69, 9.17) is 5.11 Å². The molecule has 0 spiro atoms. The molecule has 1 aromatic rings. The van der Waals surface area contributed by atoms with E-state index in [2.05, 4.69) is 22.1 Å². The second-order valence-corrected chi connectivity index (χ2v) is 3.61. The van der Waals surface area contributed by atoms with Crippen molar-refractivity contribution in [1.29, 1.82) is 0 Å². The maximum absolute atomic E-state index is 11.9. The van der Waals surface area contributed by atoms with E-state index in [1.165, 1.54) is 6.07 Å². The van der Waals surface area contributed by atoms with E-state index in [0.717, 1.165) is 0 Å². The lowest BCUT2D eigenvalue weighted by Gasteiger charge is -2.09. The van der Waals surface area contributed by atoms with Crippen LogP contribution in [0.4, 0.5) is 23.8 Å². The van der Waals surface area contributed by atoms with E-state index >= 15 is 0 Å². The number of nitrogens with zero attached hydrogens (tertiary/aromatic N) is 1. The highest BCUT2D eigenvalue weighted by Gasteiger charge is 2.27. The number of rotatable bonds is 3. The van der Waals surface area contributed by atoms with E-state index in [0.29, 0.717) is 5.69 Å². The lowest BCUT2D eigenvalue weighted by atomic mass is 10.3. The number of anilines is 1. The van der Waals surface area contributed by atoms with E-state index < -0.39 is 18.8 Å². The van der Waals surface area contributed by atoms with Gasteiger partial charge in [0, 0.05) is 6.42 Å². The van der Waals surface area contributed by atoms with Crippen molar-refractivity contribution >= 4 is 11.8 Å². The fraction of sp³-hybridized carbons (Fsp3) is 0.333. The summed E-state index contributed by atoms with van der Waals surface area (Å²) < 4.78 is 35.7. The Kier molecular flexibility index (Phi) is 5.80. The highest BCUT2D eigenvalue weighted by atomic mass is 19.4. The topological polar surface area (TPSA) is 74.2 Å². The summed E-state index contributed by atoms with van der Waals surface area (Å²) >= 11 is 0. The first-order valence-electron chi connectivity index (χ1n) is 5.59. The van der Waals surface area contributed by atoms with Crippen LogP contribution in [0, 0.1) is 11.8 Å². The number of halogens is 3. The number of amides is 2. The van der Waals surface area contributed by atoms with Gasteiger partial charge in [-0.2, -0.15) is 13.2 Å². The SMILES string of the molecule is O=C(NCC(F)(F)F)Nc1cccc(C#CCCO)n1. The fourth-order valence-electron chi connectivity index (χ4n) is 1.12. The zero-order valence-corrected chi connectivity index (χ0v) is 10.3. The molecule has 8 heteroatoms. The highest BCUT2D eigenvalue weighted by molar-refractivity contribution is 5.88. The number of nitrogens with one attached hydrogen (secondary N) is 2. The number of aromatic nitrogens is 1. The molecule has 0 aromatic carbocycles. The number of urea groups is 1. The van der Waals surface area contributed by atoms with E-state index in [1.807, 2.05) is 0 Å². The number of carbonyl (C=O) groups is 1. The van der Waals surface area contributed by atoms with Gasteiger partial charge >= 0.3 is 12.2 Å². The van der Waals surface area contributed by atoms with E-state index in [9.17, 15) is 18.0 Å². The molecular weight excluding hydrogens is 275 g/mol. The lowest BCUT2D eigenvalue weighted by Crippen LogP contribution is -2.36. The Balaban J connectivity index is 2.58. The maximum atomic E-state index is 11.9. The van der Waals surface area contributed by atoms with Gasteiger partial charge in [0.25, 0.3) is 0 Å². The van der Waals surface area contributed by atoms with Crippen molar-refractivity contribution < 1.29 is 23.1 Å². The molecular formula is C12H12F3N3O2. The van der Waals surface area contributed by atoms with Crippen LogP contribution in [0.5, 0.6) is 0 Å². The summed E-state index contributed by atoms with van der Waals surface area (Å²) in [5.41, 5.74) is 0.340. The average molecular weight is 287 g/mol. The average Bonchev–Trinajstić information content (AvgIpc) is 2.36. The zero-order chi connectivity index (χ0) is 15.0. The first kappa shape index (κ1) is 15.8. The number of aliphatic hydroxyl groups is 1. The summed E-state index contributed by atoms with van der Waals surface area (Å²) in [5.74, 6) is 5.36. The molecule has 108 valence electrons. The van der Waals surface area contributed by atoms with Crippen LogP contribution >= 0.6 is 0 Å². The van der Waals surface area contributed by atoms with Crippen molar-refractivity contribution in [3.63, 3.8) is 0 Å². The Morgan fingerprint density at radius 3 is 2.80 bits per heavy atom. The molecule has 5 nitrogen and oxygen atoms in total. The summed E-state index contributed by atoms with van der Waals surface area (Å²) in [5, 5.41) is 12.4. The Morgan fingerprint density at radius 2 is 2.15 bits per heavy atom. The standard InChI is InChI=1S/C12H12F3N3O2/c13-12(14,15)8-16-11(20)18-10-6-3-5-9(17-10)4-1-2-7-19/h3,5-6,19H,2,7-8H2,(H2,16,17,18,20). The minimum Gasteiger partial charge on any atom is -0.395 e. The number of hydrogen-bond acceptors (Lipinski definition) is 3. The molecule has 0 saturated carbocycles. The molecule has 1 heterocycles.